The maximum Gasteiger partial charge on any atom is 0.240 e. The van der Waals surface area contributed by atoms with Gasteiger partial charge in [-0.3, -0.25) is 0 Å². The highest BCUT2D eigenvalue weighted by atomic mass is 32.2. The van der Waals surface area contributed by atoms with Crippen molar-refractivity contribution >= 4 is 10.0 Å². The second-order valence-corrected chi connectivity index (χ2v) is 5.53. The third-order valence-corrected chi connectivity index (χ3v) is 4.00. The number of nitrogens with zero attached hydrogens (tertiary/aromatic N) is 1. The van der Waals surface area contributed by atoms with Gasteiger partial charge in [0.05, 0.1) is 16.5 Å². The summed E-state index contributed by atoms with van der Waals surface area (Å²) in [5.74, 6) is 2.45. The molecule has 0 spiro atoms. The average Bonchev–Trinajstić information content (AvgIpc) is 2.34. The molecule has 1 N–H and O–H groups in total. The molecule has 0 aliphatic heterocycles. The van der Waals surface area contributed by atoms with Gasteiger partial charge in [0.1, 0.15) is 0 Å². The van der Waals surface area contributed by atoms with E-state index < -0.39 is 10.0 Å². The fourth-order valence-corrected chi connectivity index (χ4v) is 2.79. The van der Waals surface area contributed by atoms with Crippen LogP contribution in [0.1, 0.15) is 24.0 Å². The number of nitrogens with one attached hydrogen (secondary N) is 1. The fourth-order valence-electron chi connectivity index (χ4n) is 1.50. The molecule has 0 saturated carbocycles. The van der Waals surface area contributed by atoms with E-state index in [-0.39, 0.29) is 4.90 Å². The lowest BCUT2D eigenvalue weighted by atomic mass is 10.2. The van der Waals surface area contributed by atoms with Gasteiger partial charge in [0.2, 0.25) is 10.0 Å². The first-order valence-electron chi connectivity index (χ1n) is 5.45. The molecule has 1 aromatic carbocycles. The Morgan fingerprint density at radius 1 is 1.44 bits per heavy atom. The van der Waals surface area contributed by atoms with E-state index in [4.69, 9.17) is 11.7 Å². The van der Waals surface area contributed by atoms with Crippen molar-refractivity contribution in [3.63, 3.8) is 0 Å². The largest absolute Gasteiger partial charge is 0.240 e. The Morgan fingerprint density at radius 3 is 2.72 bits per heavy atom. The molecular formula is C13H14N2O2S. The fraction of sp³-hybridized carbons (Fsp3) is 0.308. The Labute approximate surface area is 108 Å². The molecular weight excluding hydrogens is 248 g/mol. The third-order valence-electron chi connectivity index (χ3n) is 2.38. The van der Waals surface area contributed by atoms with Gasteiger partial charge >= 0.3 is 0 Å². The van der Waals surface area contributed by atoms with Crippen LogP contribution in [0.2, 0.25) is 0 Å². The molecule has 0 aliphatic rings. The Bertz CT molecular complexity index is 607. The zero-order valence-electron chi connectivity index (χ0n) is 10.1. The van der Waals surface area contributed by atoms with Gasteiger partial charge in [-0.05, 0) is 37.1 Å². The van der Waals surface area contributed by atoms with E-state index in [0.717, 1.165) is 0 Å². The number of nitriles is 1. The number of hydrogen-bond donors (Lipinski definition) is 1. The molecule has 4 nitrogen and oxygen atoms in total. The topological polar surface area (TPSA) is 70.0 Å². The first-order chi connectivity index (χ1) is 8.51. The molecule has 0 atom stereocenters. The van der Waals surface area contributed by atoms with Crippen LogP contribution in [0.4, 0.5) is 0 Å². The standard InChI is InChI=1S/C13H14N2O2S/c1-3-4-5-8-15-18(16,17)13-7-6-12(10-14)9-11(13)2/h1,6-7,9,15H,4-5,8H2,2H3. The summed E-state index contributed by atoms with van der Waals surface area (Å²) < 4.78 is 26.4. The highest BCUT2D eigenvalue weighted by Gasteiger charge is 2.16. The Hall–Kier alpha value is -1.82. The van der Waals surface area contributed by atoms with Gasteiger partial charge < -0.3 is 0 Å². The summed E-state index contributed by atoms with van der Waals surface area (Å²) in [6.45, 7) is 1.98. The average molecular weight is 262 g/mol. The molecule has 94 valence electrons. The second-order valence-electron chi connectivity index (χ2n) is 3.80. The molecule has 18 heavy (non-hydrogen) atoms. The summed E-state index contributed by atoms with van der Waals surface area (Å²) in [7, 11) is -3.52. The summed E-state index contributed by atoms with van der Waals surface area (Å²) in [6, 6.07) is 6.45. The molecule has 0 radical (unpaired) electrons. The Kier molecular flexibility index (Phi) is 4.91. The third kappa shape index (κ3) is 3.59. The predicted octanol–water partition coefficient (Wildman–Crippen LogP) is 1.56. The zero-order chi connectivity index (χ0) is 13.6. The Balaban J connectivity index is 2.86. The molecule has 0 amide bonds. The minimum atomic E-state index is -3.52. The molecule has 1 rings (SSSR count). The number of benzene rings is 1. The van der Waals surface area contributed by atoms with Gasteiger partial charge in [0.15, 0.2) is 0 Å². The van der Waals surface area contributed by atoms with Gasteiger partial charge in [-0.15, -0.1) is 12.3 Å². The van der Waals surface area contributed by atoms with Crippen LogP contribution in [0.25, 0.3) is 0 Å². The van der Waals surface area contributed by atoms with Crippen molar-refractivity contribution in [3.8, 4) is 18.4 Å². The van der Waals surface area contributed by atoms with Crippen LogP contribution in [0.5, 0.6) is 0 Å². The number of unbranched alkanes of at least 4 members (excludes halogenated alkanes) is 1. The number of rotatable bonds is 5. The lowest BCUT2D eigenvalue weighted by Gasteiger charge is -2.08. The molecule has 0 aromatic heterocycles. The lowest BCUT2D eigenvalue weighted by Crippen LogP contribution is -2.25. The van der Waals surface area contributed by atoms with Crippen molar-refractivity contribution < 1.29 is 8.42 Å². The summed E-state index contributed by atoms with van der Waals surface area (Å²) >= 11 is 0. The molecule has 0 fully saturated rings. The Morgan fingerprint density at radius 2 is 2.17 bits per heavy atom. The molecule has 0 unspecified atom stereocenters. The first kappa shape index (κ1) is 14.2. The van der Waals surface area contributed by atoms with Gasteiger partial charge in [0, 0.05) is 13.0 Å². The normalized spacial score (nSPS) is 10.6. The van der Waals surface area contributed by atoms with Gasteiger partial charge in [0.25, 0.3) is 0 Å². The minimum Gasteiger partial charge on any atom is -0.211 e. The van der Waals surface area contributed by atoms with E-state index in [9.17, 15) is 8.42 Å². The maximum absolute atomic E-state index is 12.0. The van der Waals surface area contributed by atoms with Crippen molar-refractivity contribution in [1.29, 1.82) is 5.26 Å². The van der Waals surface area contributed by atoms with Crippen molar-refractivity contribution in [1.82, 2.24) is 4.72 Å². The summed E-state index contributed by atoms with van der Waals surface area (Å²) in [6.07, 6.45) is 6.23. The quantitative estimate of drug-likeness (QED) is 0.646. The molecule has 0 bridgehead atoms. The van der Waals surface area contributed by atoms with Gasteiger partial charge in [-0.1, -0.05) is 0 Å². The van der Waals surface area contributed by atoms with E-state index in [0.29, 0.717) is 30.5 Å². The van der Waals surface area contributed by atoms with Crippen LogP contribution >= 0.6 is 0 Å². The van der Waals surface area contributed by atoms with Crippen LogP contribution < -0.4 is 4.72 Å². The van der Waals surface area contributed by atoms with E-state index in [2.05, 4.69) is 10.6 Å². The number of aryl methyl sites for hydroxylation is 1. The van der Waals surface area contributed by atoms with E-state index in [1.54, 1.807) is 13.0 Å². The van der Waals surface area contributed by atoms with E-state index in [1.807, 2.05) is 6.07 Å². The summed E-state index contributed by atoms with van der Waals surface area (Å²) in [4.78, 5) is 0.196. The van der Waals surface area contributed by atoms with Crippen LogP contribution in [0.3, 0.4) is 0 Å². The van der Waals surface area contributed by atoms with Crippen LogP contribution in [0, 0.1) is 30.6 Å². The van der Waals surface area contributed by atoms with Crippen LogP contribution in [-0.2, 0) is 10.0 Å². The number of sulfonamides is 1. The maximum atomic E-state index is 12.0. The monoisotopic (exact) mass is 262 g/mol. The van der Waals surface area contributed by atoms with Crippen LogP contribution in [-0.4, -0.2) is 15.0 Å². The smallest absolute Gasteiger partial charge is 0.211 e. The molecule has 5 heteroatoms. The zero-order valence-corrected chi connectivity index (χ0v) is 10.9. The van der Waals surface area contributed by atoms with Crippen molar-refractivity contribution in [2.45, 2.75) is 24.7 Å². The molecule has 0 saturated heterocycles. The number of terminal acetylenes is 1. The van der Waals surface area contributed by atoms with E-state index >= 15 is 0 Å². The van der Waals surface area contributed by atoms with Gasteiger partial charge in [-0.25, -0.2) is 13.1 Å². The highest BCUT2D eigenvalue weighted by molar-refractivity contribution is 7.89. The van der Waals surface area contributed by atoms with Crippen molar-refractivity contribution in [3.05, 3.63) is 29.3 Å². The molecule has 1 aromatic rings. The summed E-state index contributed by atoms with van der Waals surface area (Å²) in [5.41, 5.74) is 0.997. The molecule has 0 heterocycles. The van der Waals surface area contributed by atoms with Crippen molar-refractivity contribution in [2.24, 2.45) is 0 Å². The van der Waals surface area contributed by atoms with Crippen LogP contribution in [0.15, 0.2) is 23.1 Å². The SMILES string of the molecule is C#CCCCNS(=O)(=O)c1ccc(C#N)cc1C. The van der Waals surface area contributed by atoms with E-state index in [1.165, 1.54) is 12.1 Å². The first-order valence-corrected chi connectivity index (χ1v) is 6.93. The predicted molar refractivity (Wildman–Crippen MR) is 69.1 cm³/mol. The number of hydrogen-bond acceptors (Lipinski definition) is 3. The highest BCUT2D eigenvalue weighted by Crippen LogP contribution is 2.16. The van der Waals surface area contributed by atoms with Gasteiger partial charge in [-0.2, -0.15) is 5.26 Å². The summed E-state index contributed by atoms with van der Waals surface area (Å²) in [5, 5.41) is 8.72. The molecule has 0 aliphatic carbocycles. The second kappa shape index (κ2) is 6.20. The minimum absolute atomic E-state index is 0.196. The van der Waals surface area contributed by atoms with Crippen molar-refractivity contribution in [2.75, 3.05) is 6.54 Å². The lowest BCUT2D eigenvalue weighted by molar-refractivity contribution is 0.579.